The Hall–Kier alpha value is -3.35. The highest BCUT2D eigenvalue weighted by molar-refractivity contribution is 5.81. The molecule has 1 N–H and O–H groups in total. The lowest BCUT2D eigenvalue weighted by Gasteiger charge is -2.14. The smallest absolute Gasteiger partial charge is 0.348 e. The normalized spacial score (nSPS) is 17.2. The van der Waals surface area contributed by atoms with Gasteiger partial charge in [-0.3, -0.25) is 4.79 Å². The minimum atomic E-state index is -4.87. The fourth-order valence-corrected chi connectivity index (χ4v) is 4.05. The van der Waals surface area contributed by atoms with Gasteiger partial charge in [0.1, 0.15) is 0 Å². The predicted molar refractivity (Wildman–Crippen MR) is 119 cm³/mol. The zero-order valence-corrected chi connectivity index (χ0v) is 17.6. The molecule has 166 valence electrons. The van der Waals surface area contributed by atoms with Crippen LogP contribution in [0.5, 0.6) is 0 Å². The fraction of sp³-hybridized carbons (Fsp3) is 0.280. The van der Waals surface area contributed by atoms with Gasteiger partial charge in [0.2, 0.25) is 5.69 Å². The van der Waals surface area contributed by atoms with Crippen LogP contribution in [0.3, 0.4) is 0 Å². The number of hydrogen-bond donors (Lipinski definition) is 1. The first kappa shape index (κ1) is 21.9. The van der Waals surface area contributed by atoms with Gasteiger partial charge < -0.3 is 10.2 Å². The lowest BCUT2D eigenvalue weighted by molar-refractivity contribution is -0.423. The van der Waals surface area contributed by atoms with Crippen molar-refractivity contribution in [3.05, 3.63) is 83.6 Å². The number of rotatable bonds is 6. The fourth-order valence-electron chi connectivity index (χ4n) is 4.05. The second kappa shape index (κ2) is 9.42. The number of hydrogen-bond acceptors (Lipinski definition) is 2. The van der Waals surface area contributed by atoms with E-state index in [1.54, 1.807) is 0 Å². The molecule has 32 heavy (non-hydrogen) atoms. The number of anilines is 1. The number of halogens is 3. The molecule has 0 radical (unpaired) electrons. The van der Waals surface area contributed by atoms with E-state index in [4.69, 9.17) is 0 Å². The van der Waals surface area contributed by atoms with E-state index in [0.717, 1.165) is 42.9 Å². The summed E-state index contributed by atoms with van der Waals surface area (Å²) in [5, 5.41) is 1.96. The highest BCUT2D eigenvalue weighted by Gasteiger charge is 2.38. The van der Waals surface area contributed by atoms with Gasteiger partial charge >= 0.3 is 12.1 Å². The SMILES string of the molecule is O=C(NCCC(C=CN1CCc2ccccc21)=CC=[N+]1CCc2ccccc21)C(F)(F)F. The highest BCUT2D eigenvalue weighted by atomic mass is 19.4. The molecule has 2 aromatic carbocycles. The number of para-hydroxylation sites is 2. The van der Waals surface area contributed by atoms with Crippen LogP contribution < -0.4 is 10.2 Å². The molecule has 2 heterocycles. The number of benzene rings is 2. The topological polar surface area (TPSA) is 35.4 Å². The van der Waals surface area contributed by atoms with Crippen LogP contribution in [0.15, 0.2) is 72.5 Å². The maximum Gasteiger partial charge on any atom is 0.471 e. The molecule has 0 spiro atoms. The minimum Gasteiger partial charge on any atom is -0.348 e. The van der Waals surface area contributed by atoms with Crippen molar-refractivity contribution >= 4 is 23.5 Å². The van der Waals surface area contributed by atoms with Crippen molar-refractivity contribution in [2.45, 2.75) is 25.4 Å². The molecule has 1 amide bonds. The number of nitrogens with zero attached hydrogens (tertiary/aromatic N) is 2. The molecule has 0 bridgehead atoms. The van der Waals surface area contributed by atoms with E-state index in [9.17, 15) is 18.0 Å². The van der Waals surface area contributed by atoms with Crippen LogP contribution in [0.2, 0.25) is 0 Å². The van der Waals surface area contributed by atoms with Gasteiger partial charge in [0.05, 0.1) is 0 Å². The number of allylic oxidation sites excluding steroid dienone is 2. The van der Waals surface area contributed by atoms with Gasteiger partial charge in [-0.05, 0) is 36.1 Å². The number of fused-ring (bicyclic) bond motifs is 2. The van der Waals surface area contributed by atoms with E-state index in [1.165, 1.54) is 11.1 Å². The molecule has 0 unspecified atom stereocenters. The number of carbonyl (C=O) groups is 1. The molecule has 0 aliphatic carbocycles. The highest BCUT2D eigenvalue weighted by Crippen LogP contribution is 2.28. The Kier molecular flexibility index (Phi) is 6.44. The first-order valence-electron chi connectivity index (χ1n) is 10.7. The molecule has 2 aromatic rings. The Labute approximate surface area is 185 Å². The molecule has 0 aromatic heterocycles. The molecular weight excluding hydrogens is 415 g/mol. The number of carbonyl (C=O) groups excluding carboxylic acids is 1. The second-order valence-corrected chi connectivity index (χ2v) is 7.85. The molecule has 0 atom stereocenters. The van der Waals surface area contributed by atoms with Gasteiger partial charge in [-0.2, -0.15) is 17.7 Å². The monoisotopic (exact) mass is 440 g/mol. The summed E-state index contributed by atoms with van der Waals surface area (Å²) in [5.74, 6) is -1.91. The summed E-state index contributed by atoms with van der Waals surface area (Å²) in [6.07, 6.45) is 5.10. The Morgan fingerprint density at radius 1 is 1.06 bits per heavy atom. The van der Waals surface area contributed by atoms with Crippen molar-refractivity contribution in [1.29, 1.82) is 0 Å². The summed E-state index contributed by atoms with van der Waals surface area (Å²) in [4.78, 5) is 13.3. The van der Waals surface area contributed by atoms with Crippen LogP contribution >= 0.6 is 0 Å². The minimum absolute atomic E-state index is 0.0878. The quantitative estimate of drug-likeness (QED) is 0.529. The summed E-state index contributed by atoms with van der Waals surface area (Å²) in [5.41, 5.74) is 5.68. The van der Waals surface area contributed by atoms with Crippen LogP contribution in [0, 0.1) is 0 Å². The van der Waals surface area contributed by atoms with Crippen molar-refractivity contribution < 1.29 is 22.5 Å². The standard InChI is InChI=1S/C25H24F3N3O/c26-25(27,28)24(32)29-14-9-19(10-15-30-17-12-20-5-1-3-7-22(20)30)11-16-31-18-13-21-6-2-4-8-23(21)31/h1-8,10-11,15-16H,9,12-14,17-18H2/p+1. The zero-order valence-electron chi connectivity index (χ0n) is 17.6. The van der Waals surface area contributed by atoms with Gasteiger partial charge in [0.15, 0.2) is 12.8 Å². The summed E-state index contributed by atoms with van der Waals surface area (Å²) >= 11 is 0. The molecule has 0 saturated carbocycles. The van der Waals surface area contributed by atoms with E-state index in [1.807, 2.05) is 54.1 Å². The molecule has 4 nitrogen and oxygen atoms in total. The summed E-state index contributed by atoms with van der Waals surface area (Å²) in [6, 6.07) is 16.4. The maximum absolute atomic E-state index is 12.5. The van der Waals surface area contributed by atoms with Gasteiger partial charge in [-0.25, -0.2) is 0 Å². The molecule has 2 aliphatic heterocycles. The Bertz CT molecular complexity index is 1090. The van der Waals surface area contributed by atoms with Gasteiger partial charge in [0, 0.05) is 49.1 Å². The summed E-state index contributed by atoms with van der Waals surface area (Å²) in [6.45, 7) is 1.63. The maximum atomic E-state index is 12.5. The van der Waals surface area contributed by atoms with E-state index >= 15 is 0 Å². The van der Waals surface area contributed by atoms with Crippen LogP contribution in [-0.2, 0) is 17.6 Å². The largest absolute Gasteiger partial charge is 0.471 e. The number of nitrogens with one attached hydrogen (secondary N) is 1. The van der Waals surface area contributed by atoms with E-state index in [0.29, 0.717) is 6.42 Å². The van der Waals surface area contributed by atoms with E-state index in [-0.39, 0.29) is 6.54 Å². The Morgan fingerprint density at radius 3 is 2.62 bits per heavy atom. The summed E-state index contributed by atoms with van der Waals surface area (Å²) < 4.78 is 39.6. The average molecular weight is 440 g/mol. The van der Waals surface area contributed by atoms with Crippen molar-refractivity contribution in [2.75, 3.05) is 24.5 Å². The van der Waals surface area contributed by atoms with E-state index < -0.39 is 12.1 Å². The molecule has 0 saturated heterocycles. The van der Waals surface area contributed by atoms with Crippen molar-refractivity contribution in [3.63, 3.8) is 0 Å². The number of alkyl halides is 3. The Balaban J connectivity index is 1.51. The molecule has 7 heteroatoms. The van der Waals surface area contributed by atoms with Gasteiger partial charge in [-0.1, -0.05) is 36.4 Å². The van der Waals surface area contributed by atoms with Crippen LogP contribution in [0.25, 0.3) is 0 Å². The van der Waals surface area contributed by atoms with Crippen LogP contribution in [-0.4, -0.2) is 42.5 Å². The molecular formula is C25H25F3N3O+. The third-order valence-electron chi connectivity index (χ3n) is 5.74. The van der Waals surface area contributed by atoms with Crippen molar-refractivity contribution in [1.82, 2.24) is 5.32 Å². The molecule has 2 aliphatic rings. The molecule has 4 rings (SSSR count). The Morgan fingerprint density at radius 2 is 1.81 bits per heavy atom. The first-order valence-corrected chi connectivity index (χ1v) is 10.7. The predicted octanol–water partition coefficient (Wildman–Crippen LogP) is 4.53. The van der Waals surface area contributed by atoms with Gasteiger partial charge in [0.25, 0.3) is 0 Å². The third-order valence-corrected chi connectivity index (χ3v) is 5.74. The average Bonchev–Trinajstić information content (AvgIpc) is 3.38. The third kappa shape index (κ3) is 5.10. The zero-order chi connectivity index (χ0) is 22.6. The van der Waals surface area contributed by atoms with Gasteiger partial charge in [-0.15, -0.1) is 0 Å². The molecule has 0 fully saturated rings. The lowest BCUT2D eigenvalue weighted by Crippen LogP contribution is -2.37. The summed E-state index contributed by atoms with van der Waals surface area (Å²) in [7, 11) is 0. The first-order chi connectivity index (χ1) is 15.4. The second-order valence-electron chi connectivity index (χ2n) is 7.85. The van der Waals surface area contributed by atoms with Crippen LogP contribution in [0.4, 0.5) is 24.5 Å². The van der Waals surface area contributed by atoms with E-state index in [2.05, 4.69) is 33.7 Å². The lowest BCUT2D eigenvalue weighted by atomic mass is 10.1. The van der Waals surface area contributed by atoms with Crippen molar-refractivity contribution in [2.24, 2.45) is 0 Å². The van der Waals surface area contributed by atoms with Crippen LogP contribution in [0.1, 0.15) is 17.5 Å². The number of amides is 1. The van der Waals surface area contributed by atoms with Crippen molar-refractivity contribution in [3.8, 4) is 0 Å².